The lowest BCUT2D eigenvalue weighted by Gasteiger charge is -2.27. The van der Waals surface area contributed by atoms with Crippen molar-refractivity contribution in [3.63, 3.8) is 0 Å². The molecular formula is C13H23NO3. The van der Waals surface area contributed by atoms with E-state index in [0.29, 0.717) is 0 Å². The zero-order valence-electron chi connectivity index (χ0n) is 11.1. The Kier molecular flexibility index (Phi) is 4.17. The molecule has 1 saturated carbocycles. The summed E-state index contributed by atoms with van der Waals surface area (Å²) in [6, 6.07) is 0.0687. The highest BCUT2D eigenvalue weighted by atomic mass is 16.4. The van der Waals surface area contributed by atoms with Crippen molar-refractivity contribution in [1.29, 1.82) is 0 Å². The molecule has 2 N–H and O–H groups in total. The Bertz CT molecular complexity index is 302. The Morgan fingerprint density at radius 1 is 1.35 bits per heavy atom. The third-order valence-electron chi connectivity index (χ3n) is 3.15. The van der Waals surface area contributed by atoms with Crippen LogP contribution in [0.3, 0.4) is 0 Å². The van der Waals surface area contributed by atoms with Crippen molar-refractivity contribution in [1.82, 2.24) is 5.32 Å². The molecule has 0 radical (unpaired) electrons. The quantitative estimate of drug-likeness (QED) is 0.724. The lowest BCUT2D eigenvalue weighted by Crippen LogP contribution is -2.45. The molecule has 0 aromatic heterocycles. The molecule has 4 nitrogen and oxygen atoms in total. The molecule has 17 heavy (non-hydrogen) atoms. The molecule has 0 bridgehead atoms. The predicted molar refractivity (Wildman–Crippen MR) is 65.5 cm³/mol. The van der Waals surface area contributed by atoms with Gasteiger partial charge < -0.3 is 10.4 Å². The first kappa shape index (κ1) is 14.0. The van der Waals surface area contributed by atoms with Crippen LogP contribution >= 0.6 is 0 Å². The molecule has 0 aromatic carbocycles. The fourth-order valence-corrected chi connectivity index (χ4v) is 2.11. The van der Waals surface area contributed by atoms with Gasteiger partial charge in [0.1, 0.15) is 5.92 Å². The second-order valence-electron chi connectivity index (χ2n) is 6.23. The minimum Gasteiger partial charge on any atom is -0.481 e. The predicted octanol–water partition coefficient (Wildman–Crippen LogP) is 2.04. The third kappa shape index (κ3) is 4.36. The van der Waals surface area contributed by atoms with Gasteiger partial charge in [0, 0.05) is 6.04 Å². The average molecular weight is 241 g/mol. The van der Waals surface area contributed by atoms with Gasteiger partial charge in [0.05, 0.1) is 0 Å². The lowest BCUT2D eigenvalue weighted by atomic mass is 9.80. The van der Waals surface area contributed by atoms with Crippen LogP contribution in [0.15, 0.2) is 0 Å². The van der Waals surface area contributed by atoms with E-state index in [1.165, 1.54) is 12.8 Å². The molecule has 1 aliphatic carbocycles. The maximum Gasteiger partial charge on any atom is 0.316 e. The molecule has 0 spiro atoms. The molecule has 0 saturated heterocycles. The number of hydrogen-bond donors (Lipinski definition) is 2. The van der Waals surface area contributed by atoms with Gasteiger partial charge in [-0.15, -0.1) is 0 Å². The minimum absolute atomic E-state index is 0.0687. The van der Waals surface area contributed by atoms with E-state index in [1.807, 2.05) is 6.92 Å². The molecule has 1 aliphatic rings. The normalized spacial score (nSPS) is 19.5. The Morgan fingerprint density at radius 3 is 2.24 bits per heavy atom. The van der Waals surface area contributed by atoms with Gasteiger partial charge in [-0.05, 0) is 24.7 Å². The standard InChI is InChI=1S/C13H23NO3/c1-8(7-9-5-6-9)14-11(15)10(12(16)17)13(2,3)4/h8-10H,5-7H2,1-4H3,(H,14,15)(H,16,17). The van der Waals surface area contributed by atoms with Crippen LogP contribution in [-0.4, -0.2) is 23.0 Å². The van der Waals surface area contributed by atoms with Crippen LogP contribution in [0.5, 0.6) is 0 Å². The minimum atomic E-state index is -1.05. The molecule has 1 amide bonds. The van der Waals surface area contributed by atoms with Crippen LogP contribution in [0.2, 0.25) is 0 Å². The summed E-state index contributed by atoms with van der Waals surface area (Å²) in [5.74, 6) is -1.67. The van der Waals surface area contributed by atoms with Crippen LogP contribution in [0, 0.1) is 17.3 Å². The summed E-state index contributed by atoms with van der Waals surface area (Å²) < 4.78 is 0. The Labute approximate surface area is 103 Å². The summed E-state index contributed by atoms with van der Waals surface area (Å²) in [6.45, 7) is 7.27. The number of carbonyl (C=O) groups excluding carboxylic acids is 1. The van der Waals surface area contributed by atoms with Crippen LogP contribution in [0.4, 0.5) is 0 Å². The van der Waals surface area contributed by atoms with Gasteiger partial charge in [0.25, 0.3) is 0 Å². The highest BCUT2D eigenvalue weighted by Gasteiger charge is 2.38. The Hall–Kier alpha value is -1.06. The van der Waals surface area contributed by atoms with Crippen LogP contribution in [0.1, 0.15) is 47.0 Å². The summed E-state index contributed by atoms with van der Waals surface area (Å²) in [4.78, 5) is 23.1. The topological polar surface area (TPSA) is 66.4 Å². The van der Waals surface area contributed by atoms with Gasteiger partial charge in [0.2, 0.25) is 5.91 Å². The monoisotopic (exact) mass is 241 g/mol. The summed E-state index contributed by atoms with van der Waals surface area (Å²) >= 11 is 0. The Morgan fingerprint density at radius 2 is 1.88 bits per heavy atom. The average Bonchev–Trinajstić information content (AvgIpc) is 2.82. The van der Waals surface area contributed by atoms with Gasteiger partial charge in [-0.3, -0.25) is 9.59 Å². The molecular weight excluding hydrogens is 218 g/mol. The molecule has 2 atom stereocenters. The Balaban J connectivity index is 2.55. The zero-order valence-corrected chi connectivity index (χ0v) is 11.1. The highest BCUT2D eigenvalue weighted by Crippen LogP contribution is 2.33. The lowest BCUT2D eigenvalue weighted by molar-refractivity contribution is -0.151. The van der Waals surface area contributed by atoms with Crippen LogP contribution in [-0.2, 0) is 9.59 Å². The zero-order chi connectivity index (χ0) is 13.2. The maximum absolute atomic E-state index is 12.0. The largest absolute Gasteiger partial charge is 0.481 e. The van der Waals surface area contributed by atoms with Crippen molar-refractivity contribution in [3.05, 3.63) is 0 Å². The first-order chi connectivity index (χ1) is 7.71. The van der Waals surface area contributed by atoms with Crippen LogP contribution in [0.25, 0.3) is 0 Å². The van der Waals surface area contributed by atoms with Gasteiger partial charge in [-0.1, -0.05) is 33.6 Å². The van der Waals surface area contributed by atoms with E-state index in [0.717, 1.165) is 12.3 Å². The molecule has 98 valence electrons. The SMILES string of the molecule is CC(CC1CC1)NC(=O)C(C(=O)O)C(C)(C)C. The number of carboxylic acid groups (broad SMARTS) is 1. The number of hydrogen-bond acceptors (Lipinski definition) is 2. The molecule has 0 aliphatic heterocycles. The van der Waals surface area contributed by atoms with Crippen molar-refractivity contribution in [2.24, 2.45) is 17.3 Å². The molecule has 0 aromatic rings. The molecule has 1 fully saturated rings. The van der Waals surface area contributed by atoms with E-state index < -0.39 is 17.3 Å². The summed E-state index contributed by atoms with van der Waals surface area (Å²) in [5, 5.41) is 11.9. The summed E-state index contributed by atoms with van der Waals surface area (Å²) in [5.41, 5.74) is -0.560. The van der Waals surface area contributed by atoms with Gasteiger partial charge in [-0.2, -0.15) is 0 Å². The van der Waals surface area contributed by atoms with E-state index in [4.69, 9.17) is 5.11 Å². The van der Waals surface area contributed by atoms with Crippen LogP contribution < -0.4 is 5.32 Å². The van der Waals surface area contributed by atoms with Crippen molar-refractivity contribution >= 4 is 11.9 Å². The fourth-order valence-electron chi connectivity index (χ4n) is 2.11. The van der Waals surface area contributed by atoms with E-state index >= 15 is 0 Å². The molecule has 0 heterocycles. The summed E-state index contributed by atoms with van der Waals surface area (Å²) in [7, 11) is 0. The first-order valence-corrected chi connectivity index (χ1v) is 6.25. The van der Waals surface area contributed by atoms with Gasteiger partial charge >= 0.3 is 5.97 Å². The van der Waals surface area contributed by atoms with Crippen molar-refractivity contribution in [2.75, 3.05) is 0 Å². The molecule has 2 unspecified atom stereocenters. The van der Waals surface area contributed by atoms with E-state index in [-0.39, 0.29) is 11.9 Å². The highest BCUT2D eigenvalue weighted by molar-refractivity contribution is 5.97. The molecule has 1 rings (SSSR count). The van der Waals surface area contributed by atoms with Gasteiger partial charge in [-0.25, -0.2) is 0 Å². The number of amides is 1. The van der Waals surface area contributed by atoms with Crippen molar-refractivity contribution in [2.45, 2.75) is 53.0 Å². The van der Waals surface area contributed by atoms with Crippen molar-refractivity contribution < 1.29 is 14.7 Å². The number of aliphatic carboxylic acids is 1. The number of carboxylic acids is 1. The maximum atomic E-state index is 12.0. The first-order valence-electron chi connectivity index (χ1n) is 6.25. The van der Waals surface area contributed by atoms with E-state index in [9.17, 15) is 9.59 Å². The molecule has 4 heteroatoms. The van der Waals surface area contributed by atoms with E-state index in [1.54, 1.807) is 20.8 Å². The second-order valence-corrected chi connectivity index (χ2v) is 6.23. The van der Waals surface area contributed by atoms with E-state index in [2.05, 4.69) is 5.32 Å². The number of rotatable bonds is 5. The van der Waals surface area contributed by atoms with Gasteiger partial charge in [0.15, 0.2) is 0 Å². The fraction of sp³-hybridized carbons (Fsp3) is 0.846. The third-order valence-corrected chi connectivity index (χ3v) is 3.15. The second kappa shape index (κ2) is 5.07. The van der Waals surface area contributed by atoms with Crippen molar-refractivity contribution in [3.8, 4) is 0 Å². The summed E-state index contributed by atoms with van der Waals surface area (Å²) in [6.07, 6.45) is 3.44. The smallest absolute Gasteiger partial charge is 0.316 e. The number of carbonyl (C=O) groups is 2. The number of nitrogens with one attached hydrogen (secondary N) is 1.